The SMILES string of the molecule is CCCCCCCCCCCCCC(=O)CSCC[C@H](N)C(=O)O. The van der Waals surface area contributed by atoms with Gasteiger partial charge in [0.2, 0.25) is 0 Å². The standard InChI is InChI=1S/C19H37NO3S/c1-2-3-4-5-6-7-8-9-10-11-12-13-17(21)16-24-15-14-18(20)19(22)23/h18H,2-16,20H2,1H3,(H,22,23)/t18-/m0/s1. The van der Waals surface area contributed by atoms with Crippen molar-refractivity contribution in [3.63, 3.8) is 0 Å². The molecule has 0 heterocycles. The normalized spacial score (nSPS) is 12.2. The van der Waals surface area contributed by atoms with Gasteiger partial charge in [0.25, 0.3) is 0 Å². The molecule has 0 aromatic heterocycles. The van der Waals surface area contributed by atoms with Crippen LogP contribution in [0.1, 0.15) is 90.4 Å². The lowest BCUT2D eigenvalue weighted by Crippen LogP contribution is -2.30. The van der Waals surface area contributed by atoms with Gasteiger partial charge in [-0.2, -0.15) is 11.8 Å². The molecule has 142 valence electrons. The van der Waals surface area contributed by atoms with Crippen molar-refractivity contribution < 1.29 is 14.7 Å². The Bertz CT molecular complexity index is 324. The van der Waals surface area contributed by atoms with E-state index in [1.165, 1.54) is 69.5 Å². The molecule has 1 atom stereocenters. The summed E-state index contributed by atoms with van der Waals surface area (Å²) >= 11 is 1.50. The lowest BCUT2D eigenvalue weighted by atomic mass is 10.0. The minimum atomic E-state index is -0.970. The van der Waals surface area contributed by atoms with E-state index >= 15 is 0 Å². The van der Waals surface area contributed by atoms with Gasteiger partial charge in [-0.25, -0.2) is 0 Å². The maximum atomic E-state index is 11.7. The number of hydrogen-bond acceptors (Lipinski definition) is 4. The fraction of sp³-hybridized carbons (Fsp3) is 0.895. The van der Waals surface area contributed by atoms with Crippen LogP contribution in [0, 0.1) is 0 Å². The van der Waals surface area contributed by atoms with E-state index in [2.05, 4.69) is 6.92 Å². The van der Waals surface area contributed by atoms with Crippen molar-refractivity contribution in [2.45, 2.75) is 96.4 Å². The van der Waals surface area contributed by atoms with E-state index < -0.39 is 12.0 Å². The Balaban J connectivity index is 3.25. The first-order chi connectivity index (χ1) is 11.6. The van der Waals surface area contributed by atoms with Gasteiger partial charge in [0, 0.05) is 6.42 Å². The lowest BCUT2D eigenvalue weighted by molar-refractivity contribution is -0.138. The number of thioether (sulfide) groups is 1. The lowest BCUT2D eigenvalue weighted by Gasteiger charge is -2.05. The summed E-state index contributed by atoms with van der Waals surface area (Å²) in [6.07, 6.45) is 15.3. The Hall–Kier alpha value is -0.550. The molecule has 0 rings (SSSR count). The van der Waals surface area contributed by atoms with Crippen molar-refractivity contribution in [3.05, 3.63) is 0 Å². The van der Waals surface area contributed by atoms with Gasteiger partial charge in [0.15, 0.2) is 0 Å². The summed E-state index contributed by atoms with van der Waals surface area (Å²) in [5.74, 6) is 0.435. The van der Waals surface area contributed by atoms with Crippen molar-refractivity contribution in [1.29, 1.82) is 0 Å². The minimum absolute atomic E-state index is 0.278. The Morgan fingerprint density at radius 3 is 1.92 bits per heavy atom. The largest absolute Gasteiger partial charge is 0.480 e. The maximum absolute atomic E-state index is 11.7. The maximum Gasteiger partial charge on any atom is 0.320 e. The van der Waals surface area contributed by atoms with Crippen molar-refractivity contribution in [1.82, 2.24) is 0 Å². The third-order valence-electron chi connectivity index (χ3n) is 4.21. The summed E-state index contributed by atoms with van der Waals surface area (Å²) < 4.78 is 0. The highest BCUT2D eigenvalue weighted by molar-refractivity contribution is 7.99. The summed E-state index contributed by atoms with van der Waals surface area (Å²) in [7, 11) is 0. The number of rotatable bonds is 18. The van der Waals surface area contributed by atoms with Crippen LogP contribution in [0.2, 0.25) is 0 Å². The number of carbonyl (C=O) groups excluding carboxylic acids is 1. The zero-order valence-corrected chi connectivity index (χ0v) is 16.2. The van der Waals surface area contributed by atoms with E-state index in [0.717, 1.165) is 12.8 Å². The van der Waals surface area contributed by atoms with Gasteiger partial charge in [0.1, 0.15) is 11.8 Å². The predicted molar refractivity (Wildman–Crippen MR) is 104 cm³/mol. The van der Waals surface area contributed by atoms with Gasteiger partial charge >= 0.3 is 5.97 Å². The molecule has 5 heteroatoms. The first kappa shape index (κ1) is 23.4. The highest BCUT2D eigenvalue weighted by atomic mass is 32.2. The fourth-order valence-corrected chi connectivity index (χ4v) is 3.52. The average Bonchev–Trinajstić information content (AvgIpc) is 2.56. The number of ketones is 1. The van der Waals surface area contributed by atoms with E-state index in [1.54, 1.807) is 0 Å². The molecular weight excluding hydrogens is 322 g/mol. The third-order valence-corrected chi connectivity index (χ3v) is 5.26. The molecule has 0 spiro atoms. The third kappa shape index (κ3) is 16.3. The van der Waals surface area contributed by atoms with E-state index in [-0.39, 0.29) is 5.78 Å². The highest BCUT2D eigenvalue weighted by Crippen LogP contribution is 2.13. The van der Waals surface area contributed by atoms with Crippen molar-refractivity contribution in [3.8, 4) is 0 Å². The molecule has 0 aromatic carbocycles. The second-order valence-corrected chi connectivity index (χ2v) is 7.72. The number of nitrogens with two attached hydrogens (primary N) is 1. The van der Waals surface area contributed by atoms with Gasteiger partial charge in [-0.05, 0) is 18.6 Å². The Morgan fingerprint density at radius 2 is 1.42 bits per heavy atom. The molecule has 0 aromatic rings. The zero-order chi connectivity index (χ0) is 18.0. The summed E-state index contributed by atoms with van der Waals surface area (Å²) in [5.41, 5.74) is 5.41. The molecule has 3 N–H and O–H groups in total. The molecule has 24 heavy (non-hydrogen) atoms. The molecule has 4 nitrogen and oxygen atoms in total. The molecule has 0 fully saturated rings. The smallest absolute Gasteiger partial charge is 0.320 e. The van der Waals surface area contributed by atoms with E-state index in [9.17, 15) is 9.59 Å². The molecular formula is C19H37NO3S. The van der Waals surface area contributed by atoms with Crippen LogP contribution in [-0.2, 0) is 9.59 Å². The molecule has 0 aliphatic rings. The van der Waals surface area contributed by atoms with Crippen LogP contribution in [0.25, 0.3) is 0 Å². The van der Waals surface area contributed by atoms with Gasteiger partial charge in [-0.15, -0.1) is 0 Å². The van der Waals surface area contributed by atoms with Gasteiger partial charge in [-0.3, -0.25) is 9.59 Å². The topological polar surface area (TPSA) is 80.4 Å². The van der Waals surface area contributed by atoms with Gasteiger partial charge < -0.3 is 10.8 Å². The van der Waals surface area contributed by atoms with Crippen LogP contribution in [-0.4, -0.2) is 34.4 Å². The van der Waals surface area contributed by atoms with Crippen LogP contribution < -0.4 is 5.73 Å². The quantitative estimate of drug-likeness (QED) is 0.344. The van der Waals surface area contributed by atoms with Crippen molar-refractivity contribution >= 4 is 23.5 Å². The van der Waals surface area contributed by atoms with Crippen molar-refractivity contribution in [2.24, 2.45) is 5.73 Å². The molecule has 0 saturated heterocycles. The Labute approximate surface area is 152 Å². The van der Waals surface area contributed by atoms with Crippen LogP contribution in [0.15, 0.2) is 0 Å². The van der Waals surface area contributed by atoms with E-state index in [1.807, 2.05) is 0 Å². The van der Waals surface area contributed by atoms with Crippen LogP contribution in [0.3, 0.4) is 0 Å². The second kappa shape index (κ2) is 17.3. The number of carboxylic acid groups (broad SMARTS) is 1. The average molecular weight is 360 g/mol. The van der Waals surface area contributed by atoms with Crippen molar-refractivity contribution in [2.75, 3.05) is 11.5 Å². The zero-order valence-electron chi connectivity index (χ0n) is 15.4. The molecule has 0 amide bonds. The summed E-state index contributed by atoms with van der Waals surface area (Å²) in [5, 5.41) is 8.66. The molecule has 0 radical (unpaired) electrons. The predicted octanol–water partition coefficient (Wildman–Crippen LogP) is 4.79. The van der Waals surface area contributed by atoms with Crippen LogP contribution >= 0.6 is 11.8 Å². The number of Topliss-reactive ketones (excluding diaryl/α,β-unsaturated/α-hetero) is 1. The Morgan fingerprint density at radius 1 is 0.917 bits per heavy atom. The van der Waals surface area contributed by atoms with Gasteiger partial charge in [0.05, 0.1) is 5.75 Å². The van der Waals surface area contributed by atoms with E-state index in [4.69, 9.17) is 10.8 Å². The first-order valence-corrected chi connectivity index (χ1v) is 10.8. The van der Waals surface area contributed by atoms with E-state index in [0.29, 0.717) is 24.3 Å². The fourth-order valence-electron chi connectivity index (χ4n) is 2.58. The summed E-state index contributed by atoms with van der Waals surface area (Å²) in [6, 6.07) is -0.806. The first-order valence-electron chi connectivity index (χ1n) is 9.65. The number of aliphatic carboxylic acids is 1. The Kier molecular flexibility index (Phi) is 16.9. The van der Waals surface area contributed by atoms with Gasteiger partial charge in [-0.1, -0.05) is 71.1 Å². The minimum Gasteiger partial charge on any atom is -0.480 e. The molecule has 0 aliphatic heterocycles. The summed E-state index contributed by atoms with van der Waals surface area (Å²) in [6.45, 7) is 2.25. The number of hydrogen-bond donors (Lipinski definition) is 2. The second-order valence-electron chi connectivity index (χ2n) is 6.61. The molecule has 0 bridgehead atoms. The van der Waals surface area contributed by atoms with Crippen LogP contribution in [0.5, 0.6) is 0 Å². The molecule has 0 aliphatic carbocycles. The number of unbranched alkanes of at least 4 members (excludes halogenated alkanes) is 10. The number of carbonyl (C=O) groups is 2. The summed E-state index contributed by atoms with van der Waals surface area (Å²) in [4.78, 5) is 22.3. The molecule has 0 saturated carbocycles. The highest BCUT2D eigenvalue weighted by Gasteiger charge is 2.11. The number of carboxylic acids is 1. The monoisotopic (exact) mass is 359 g/mol. The van der Waals surface area contributed by atoms with Crippen LogP contribution in [0.4, 0.5) is 0 Å². The molecule has 0 unspecified atom stereocenters.